The van der Waals surface area contributed by atoms with E-state index in [1.807, 2.05) is 23.1 Å². The number of hydrogen-bond donors (Lipinski definition) is 1. The van der Waals surface area contributed by atoms with Gasteiger partial charge in [-0.15, -0.1) is 11.3 Å². The molecule has 0 fully saturated rings. The van der Waals surface area contributed by atoms with Gasteiger partial charge in [0, 0.05) is 30.0 Å². The summed E-state index contributed by atoms with van der Waals surface area (Å²) in [5.41, 5.74) is 0. The second-order valence-corrected chi connectivity index (χ2v) is 4.21. The Morgan fingerprint density at radius 2 is 2.50 bits per heavy atom. The lowest BCUT2D eigenvalue weighted by molar-refractivity contribution is 0.637. The number of thiazole rings is 1. The van der Waals surface area contributed by atoms with Crippen LogP contribution in [0.1, 0.15) is 4.88 Å². The van der Waals surface area contributed by atoms with Gasteiger partial charge in [-0.3, -0.25) is 4.68 Å². The van der Waals surface area contributed by atoms with Crippen molar-refractivity contribution in [3.63, 3.8) is 0 Å². The molecule has 74 valence electrons. The Morgan fingerprint density at radius 3 is 3.14 bits per heavy atom. The van der Waals surface area contributed by atoms with Gasteiger partial charge in [-0.05, 0) is 13.0 Å². The van der Waals surface area contributed by atoms with Crippen LogP contribution in [0.25, 0.3) is 0 Å². The van der Waals surface area contributed by atoms with Gasteiger partial charge >= 0.3 is 0 Å². The molecular weight excluding hydrogens is 196 g/mol. The van der Waals surface area contributed by atoms with E-state index in [-0.39, 0.29) is 0 Å². The lowest BCUT2D eigenvalue weighted by Gasteiger charge is -2.02. The number of hydrogen-bond acceptors (Lipinski definition) is 4. The second-order valence-electron chi connectivity index (χ2n) is 2.97. The fourth-order valence-corrected chi connectivity index (χ4v) is 1.84. The zero-order chi connectivity index (χ0) is 9.80. The molecule has 0 radical (unpaired) electrons. The van der Waals surface area contributed by atoms with Crippen LogP contribution < -0.4 is 5.32 Å². The fourth-order valence-electron chi connectivity index (χ4n) is 1.15. The van der Waals surface area contributed by atoms with Gasteiger partial charge in [0.2, 0.25) is 0 Å². The molecule has 1 N–H and O–H groups in total. The summed E-state index contributed by atoms with van der Waals surface area (Å²) < 4.78 is 1.90. The molecule has 0 atom stereocenters. The van der Waals surface area contributed by atoms with E-state index in [1.54, 1.807) is 17.5 Å². The largest absolute Gasteiger partial charge is 0.360 e. The zero-order valence-electron chi connectivity index (χ0n) is 7.97. The first-order chi connectivity index (χ1) is 6.84. The summed E-state index contributed by atoms with van der Waals surface area (Å²) in [6.07, 6.45) is 5.61. The first-order valence-electron chi connectivity index (χ1n) is 4.48. The maximum atomic E-state index is 4.21. The summed E-state index contributed by atoms with van der Waals surface area (Å²) in [5.74, 6) is 0. The molecule has 2 aromatic rings. The maximum absolute atomic E-state index is 4.21. The Balaban J connectivity index is 1.78. The molecule has 0 aliphatic carbocycles. The Kier molecular flexibility index (Phi) is 2.78. The van der Waals surface area contributed by atoms with Crippen molar-refractivity contribution in [2.45, 2.75) is 13.5 Å². The number of aromatic nitrogens is 3. The Hall–Kier alpha value is -1.36. The van der Waals surface area contributed by atoms with E-state index in [2.05, 4.69) is 22.3 Å². The molecule has 0 saturated carbocycles. The van der Waals surface area contributed by atoms with E-state index < -0.39 is 0 Å². The minimum absolute atomic E-state index is 0.856. The van der Waals surface area contributed by atoms with Gasteiger partial charge in [-0.1, -0.05) is 0 Å². The molecule has 0 unspecified atom stereocenters. The predicted molar refractivity (Wildman–Crippen MR) is 57.6 cm³/mol. The van der Waals surface area contributed by atoms with Crippen LogP contribution in [0.3, 0.4) is 0 Å². The molecule has 5 heteroatoms. The highest BCUT2D eigenvalue weighted by Crippen LogP contribution is 2.15. The molecule has 2 rings (SSSR count). The van der Waals surface area contributed by atoms with Crippen molar-refractivity contribution in [2.24, 2.45) is 0 Å². The van der Waals surface area contributed by atoms with Crippen molar-refractivity contribution in [3.8, 4) is 0 Å². The summed E-state index contributed by atoms with van der Waals surface area (Å²) in [7, 11) is 0. The van der Waals surface area contributed by atoms with Crippen molar-refractivity contribution in [1.82, 2.24) is 14.8 Å². The highest BCUT2D eigenvalue weighted by atomic mass is 32.1. The highest BCUT2D eigenvalue weighted by Gasteiger charge is 1.96. The topological polar surface area (TPSA) is 42.7 Å². The van der Waals surface area contributed by atoms with Gasteiger partial charge in [-0.25, -0.2) is 4.98 Å². The Morgan fingerprint density at radius 1 is 1.57 bits per heavy atom. The minimum atomic E-state index is 0.856. The van der Waals surface area contributed by atoms with Crippen LogP contribution in [0, 0.1) is 6.92 Å². The van der Waals surface area contributed by atoms with Crippen molar-refractivity contribution in [1.29, 1.82) is 0 Å². The van der Waals surface area contributed by atoms with Crippen LogP contribution in [-0.4, -0.2) is 21.3 Å². The summed E-state index contributed by atoms with van der Waals surface area (Å²) >= 11 is 1.67. The smallest absolute Gasteiger partial charge is 0.182 e. The van der Waals surface area contributed by atoms with Crippen LogP contribution in [0.4, 0.5) is 5.13 Å². The van der Waals surface area contributed by atoms with E-state index >= 15 is 0 Å². The molecule has 0 aliphatic heterocycles. The number of aryl methyl sites for hydroxylation is 1. The Bertz CT molecular complexity index is 379. The van der Waals surface area contributed by atoms with E-state index in [1.165, 1.54) is 4.88 Å². The van der Waals surface area contributed by atoms with Crippen LogP contribution >= 0.6 is 11.3 Å². The standard InChI is InChI=1S/C9H12N4S/c1-8-7-11-9(14-8)10-4-6-13-5-2-3-12-13/h2-3,5,7H,4,6H2,1H3,(H,10,11). The van der Waals surface area contributed by atoms with Gasteiger partial charge in [-0.2, -0.15) is 5.10 Å². The van der Waals surface area contributed by atoms with E-state index in [0.717, 1.165) is 18.2 Å². The molecule has 2 aromatic heterocycles. The average molecular weight is 208 g/mol. The molecule has 2 heterocycles. The number of nitrogens with one attached hydrogen (secondary N) is 1. The lowest BCUT2D eigenvalue weighted by Crippen LogP contribution is -2.10. The zero-order valence-corrected chi connectivity index (χ0v) is 8.79. The second kappa shape index (κ2) is 4.23. The SMILES string of the molecule is Cc1cnc(NCCn2cccn2)s1. The molecule has 0 bridgehead atoms. The lowest BCUT2D eigenvalue weighted by atomic mass is 10.6. The number of nitrogens with zero attached hydrogens (tertiary/aromatic N) is 3. The van der Waals surface area contributed by atoms with Crippen molar-refractivity contribution >= 4 is 16.5 Å². The Labute approximate surface area is 86.6 Å². The minimum Gasteiger partial charge on any atom is -0.360 e. The van der Waals surface area contributed by atoms with Crippen LogP contribution in [0.5, 0.6) is 0 Å². The van der Waals surface area contributed by atoms with Crippen LogP contribution in [0.15, 0.2) is 24.7 Å². The third kappa shape index (κ3) is 2.32. The fraction of sp³-hybridized carbons (Fsp3) is 0.333. The van der Waals surface area contributed by atoms with Crippen molar-refractivity contribution in [2.75, 3.05) is 11.9 Å². The normalized spacial score (nSPS) is 10.4. The predicted octanol–water partition coefficient (Wildman–Crippen LogP) is 1.76. The molecular formula is C9H12N4S. The third-order valence-corrected chi connectivity index (χ3v) is 2.67. The van der Waals surface area contributed by atoms with E-state index in [9.17, 15) is 0 Å². The maximum Gasteiger partial charge on any atom is 0.182 e. The van der Waals surface area contributed by atoms with E-state index in [4.69, 9.17) is 0 Å². The van der Waals surface area contributed by atoms with Gasteiger partial charge in [0.15, 0.2) is 5.13 Å². The van der Waals surface area contributed by atoms with Crippen LogP contribution in [0.2, 0.25) is 0 Å². The van der Waals surface area contributed by atoms with Gasteiger partial charge in [0.05, 0.1) is 6.54 Å². The summed E-state index contributed by atoms with van der Waals surface area (Å²) in [6, 6.07) is 1.92. The van der Waals surface area contributed by atoms with Crippen LogP contribution in [-0.2, 0) is 6.54 Å². The highest BCUT2D eigenvalue weighted by molar-refractivity contribution is 7.15. The molecule has 4 nitrogen and oxygen atoms in total. The summed E-state index contributed by atoms with van der Waals surface area (Å²) in [6.45, 7) is 3.77. The van der Waals surface area contributed by atoms with Gasteiger partial charge < -0.3 is 5.32 Å². The number of anilines is 1. The average Bonchev–Trinajstić information content (AvgIpc) is 2.77. The van der Waals surface area contributed by atoms with Gasteiger partial charge in [0.1, 0.15) is 0 Å². The molecule has 0 saturated heterocycles. The molecule has 14 heavy (non-hydrogen) atoms. The van der Waals surface area contributed by atoms with Gasteiger partial charge in [0.25, 0.3) is 0 Å². The number of rotatable bonds is 4. The summed E-state index contributed by atoms with van der Waals surface area (Å²) in [5, 5.41) is 8.34. The summed E-state index contributed by atoms with van der Waals surface area (Å²) in [4.78, 5) is 5.44. The first kappa shape index (κ1) is 9.21. The third-order valence-electron chi connectivity index (χ3n) is 1.80. The first-order valence-corrected chi connectivity index (χ1v) is 5.30. The molecule has 0 spiro atoms. The van der Waals surface area contributed by atoms with Crippen molar-refractivity contribution < 1.29 is 0 Å². The molecule has 0 aromatic carbocycles. The van der Waals surface area contributed by atoms with Crippen molar-refractivity contribution in [3.05, 3.63) is 29.5 Å². The molecule has 0 amide bonds. The quantitative estimate of drug-likeness (QED) is 0.832. The molecule has 0 aliphatic rings. The monoisotopic (exact) mass is 208 g/mol. The van der Waals surface area contributed by atoms with E-state index in [0.29, 0.717) is 0 Å².